The zero-order valence-corrected chi connectivity index (χ0v) is 16.1. The number of hydrogen-bond acceptors (Lipinski definition) is 7. The Hall–Kier alpha value is -3.94. The van der Waals surface area contributed by atoms with Crippen LogP contribution in [0.25, 0.3) is 5.57 Å². The fourth-order valence-electron chi connectivity index (χ4n) is 2.48. The third kappa shape index (κ3) is 4.86. The van der Waals surface area contributed by atoms with E-state index in [0.29, 0.717) is 17.2 Å². The van der Waals surface area contributed by atoms with Crippen molar-refractivity contribution >= 4 is 11.5 Å². The van der Waals surface area contributed by atoms with E-state index in [4.69, 9.17) is 14.2 Å². The molecular weight excluding hydrogens is 374 g/mol. The van der Waals surface area contributed by atoms with E-state index < -0.39 is 5.97 Å². The molecular formula is C21H19N3O5. The second-order valence-corrected chi connectivity index (χ2v) is 6.04. The van der Waals surface area contributed by atoms with Crippen LogP contribution in [-0.2, 0) is 9.53 Å². The Kier molecular flexibility index (Phi) is 6.03. The van der Waals surface area contributed by atoms with E-state index in [2.05, 4.69) is 15.0 Å². The van der Waals surface area contributed by atoms with E-state index in [1.54, 1.807) is 24.3 Å². The number of carboxylic acids is 1. The highest BCUT2D eigenvalue weighted by Gasteiger charge is 2.17. The van der Waals surface area contributed by atoms with Gasteiger partial charge in [0, 0.05) is 16.8 Å². The lowest BCUT2D eigenvalue weighted by Gasteiger charge is -2.12. The number of aryl methyl sites for hydroxylation is 2. The van der Waals surface area contributed by atoms with Crippen LogP contribution in [0.15, 0.2) is 55.1 Å². The molecule has 2 aromatic heterocycles. The summed E-state index contributed by atoms with van der Waals surface area (Å²) in [5.74, 6) is 0.0315. The summed E-state index contributed by atoms with van der Waals surface area (Å²) < 4.78 is 16.4. The van der Waals surface area contributed by atoms with E-state index in [1.807, 2.05) is 26.0 Å². The van der Waals surface area contributed by atoms with Gasteiger partial charge in [0.2, 0.25) is 17.6 Å². The van der Waals surface area contributed by atoms with Crippen LogP contribution >= 0.6 is 0 Å². The predicted octanol–water partition coefficient (Wildman–Crippen LogP) is 4.14. The van der Waals surface area contributed by atoms with Crippen molar-refractivity contribution in [2.24, 2.45) is 0 Å². The van der Waals surface area contributed by atoms with E-state index in [0.717, 1.165) is 17.5 Å². The summed E-state index contributed by atoms with van der Waals surface area (Å²) in [4.78, 5) is 24.1. The standard InChI is InChI=1S/C21H19N3O5/c1-13-8-9-14(2)24-20(13)29-19-10-18(22-12-23-19)28-17-7-5-4-6-15(17)16(11-27-3)21(25)26/h4-12H,1-3H3,(H,25,26)/b16-11+. The molecule has 2 heterocycles. The number of carboxylic acid groups (broad SMARTS) is 1. The van der Waals surface area contributed by atoms with Gasteiger partial charge in [0.1, 0.15) is 17.6 Å². The number of ether oxygens (including phenoxy) is 3. The first-order valence-electron chi connectivity index (χ1n) is 8.65. The Morgan fingerprint density at radius 2 is 1.76 bits per heavy atom. The first-order valence-corrected chi connectivity index (χ1v) is 8.65. The van der Waals surface area contributed by atoms with Gasteiger partial charge in [0.05, 0.1) is 19.4 Å². The molecule has 0 spiro atoms. The van der Waals surface area contributed by atoms with Gasteiger partial charge in [0.25, 0.3) is 0 Å². The fraction of sp³-hybridized carbons (Fsp3) is 0.143. The van der Waals surface area contributed by atoms with Crippen molar-refractivity contribution in [2.45, 2.75) is 13.8 Å². The summed E-state index contributed by atoms with van der Waals surface area (Å²) in [6, 6.07) is 12.0. The smallest absolute Gasteiger partial charge is 0.339 e. The molecule has 8 heteroatoms. The van der Waals surface area contributed by atoms with Crippen molar-refractivity contribution in [3.05, 3.63) is 71.9 Å². The van der Waals surface area contributed by atoms with Crippen molar-refractivity contribution < 1.29 is 24.1 Å². The van der Waals surface area contributed by atoms with Crippen LogP contribution < -0.4 is 9.47 Å². The van der Waals surface area contributed by atoms with Gasteiger partial charge < -0.3 is 19.3 Å². The van der Waals surface area contributed by atoms with Gasteiger partial charge in [-0.15, -0.1) is 0 Å². The Morgan fingerprint density at radius 3 is 2.48 bits per heavy atom. The third-order valence-electron chi connectivity index (χ3n) is 3.87. The third-order valence-corrected chi connectivity index (χ3v) is 3.87. The normalized spacial score (nSPS) is 11.1. The minimum Gasteiger partial charge on any atom is -0.503 e. The van der Waals surface area contributed by atoms with Crippen LogP contribution in [0.4, 0.5) is 0 Å². The number of hydrogen-bond donors (Lipinski definition) is 1. The number of methoxy groups -OCH3 is 1. The monoisotopic (exact) mass is 393 g/mol. The molecule has 0 aliphatic heterocycles. The number of para-hydroxylation sites is 1. The molecule has 0 amide bonds. The second kappa shape index (κ2) is 8.83. The van der Waals surface area contributed by atoms with E-state index >= 15 is 0 Å². The maximum absolute atomic E-state index is 11.6. The Labute approximate surface area is 167 Å². The zero-order valence-electron chi connectivity index (χ0n) is 16.1. The Morgan fingerprint density at radius 1 is 1.03 bits per heavy atom. The van der Waals surface area contributed by atoms with Gasteiger partial charge in [-0.05, 0) is 26.0 Å². The van der Waals surface area contributed by atoms with Crippen LogP contribution in [0.2, 0.25) is 0 Å². The molecule has 0 radical (unpaired) electrons. The lowest BCUT2D eigenvalue weighted by atomic mass is 10.1. The van der Waals surface area contributed by atoms with Crippen molar-refractivity contribution in [2.75, 3.05) is 7.11 Å². The van der Waals surface area contributed by atoms with Crippen molar-refractivity contribution in [1.29, 1.82) is 0 Å². The molecule has 29 heavy (non-hydrogen) atoms. The highest BCUT2D eigenvalue weighted by Crippen LogP contribution is 2.31. The van der Waals surface area contributed by atoms with Gasteiger partial charge in [-0.3, -0.25) is 0 Å². The number of carbonyl (C=O) groups is 1. The first kappa shape index (κ1) is 19.8. The van der Waals surface area contributed by atoms with Gasteiger partial charge in [-0.2, -0.15) is 0 Å². The maximum Gasteiger partial charge on any atom is 0.339 e. The minimum absolute atomic E-state index is 0.0479. The zero-order chi connectivity index (χ0) is 20.8. The lowest BCUT2D eigenvalue weighted by Crippen LogP contribution is -2.03. The predicted molar refractivity (Wildman–Crippen MR) is 105 cm³/mol. The molecule has 1 aromatic carbocycles. The maximum atomic E-state index is 11.6. The molecule has 0 fully saturated rings. The average molecular weight is 393 g/mol. The number of rotatable bonds is 7. The summed E-state index contributed by atoms with van der Waals surface area (Å²) in [5, 5.41) is 9.45. The summed E-state index contributed by atoms with van der Waals surface area (Å²) in [6.45, 7) is 3.75. The summed E-state index contributed by atoms with van der Waals surface area (Å²) >= 11 is 0. The number of aromatic nitrogens is 3. The van der Waals surface area contributed by atoms with Gasteiger partial charge in [-0.1, -0.05) is 24.3 Å². The number of pyridine rings is 1. The van der Waals surface area contributed by atoms with Crippen LogP contribution in [0.5, 0.6) is 23.4 Å². The molecule has 3 aromatic rings. The van der Waals surface area contributed by atoms with Gasteiger partial charge in [-0.25, -0.2) is 19.7 Å². The Bertz CT molecular complexity index is 1070. The molecule has 0 saturated heterocycles. The first-order chi connectivity index (χ1) is 14.0. The van der Waals surface area contributed by atoms with Gasteiger partial charge in [0.15, 0.2) is 0 Å². The molecule has 1 N–H and O–H groups in total. The molecule has 0 bridgehead atoms. The molecule has 148 valence electrons. The number of nitrogens with zero attached hydrogens (tertiary/aromatic N) is 3. The minimum atomic E-state index is -1.14. The molecule has 0 atom stereocenters. The van der Waals surface area contributed by atoms with Crippen LogP contribution in [0.3, 0.4) is 0 Å². The number of benzene rings is 1. The quantitative estimate of drug-likeness (QED) is 0.472. The lowest BCUT2D eigenvalue weighted by molar-refractivity contribution is -0.130. The Balaban J connectivity index is 1.89. The molecule has 3 rings (SSSR count). The SMILES string of the molecule is CO/C=C(/C(=O)O)c1ccccc1Oc1cc(Oc2nc(C)ccc2C)ncn1. The van der Waals surface area contributed by atoms with Crippen molar-refractivity contribution in [1.82, 2.24) is 15.0 Å². The molecule has 0 aliphatic carbocycles. The largest absolute Gasteiger partial charge is 0.503 e. The average Bonchev–Trinajstić information content (AvgIpc) is 2.70. The molecule has 0 saturated carbocycles. The second-order valence-electron chi connectivity index (χ2n) is 6.04. The summed E-state index contributed by atoms with van der Waals surface area (Å²) in [7, 11) is 1.38. The van der Waals surface area contributed by atoms with Crippen LogP contribution in [0, 0.1) is 13.8 Å². The molecule has 0 aliphatic rings. The highest BCUT2D eigenvalue weighted by atomic mass is 16.5. The van der Waals surface area contributed by atoms with Crippen molar-refractivity contribution in [3.63, 3.8) is 0 Å². The summed E-state index contributed by atoms with van der Waals surface area (Å²) in [6.07, 6.45) is 2.44. The van der Waals surface area contributed by atoms with E-state index in [1.165, 1.54) is 19.5 Å². The van der Waals surface area contributed by atoms with Crippen LogP contribution in [-0.4, -0.2) is 33.1 Å². The molecule has 8 nitrogen and oxygen atoms in total. The van der Waals surface area contributed by atoms with E-state index in [9.17, 15) is 9.90 Å². The van der Waals surface area contributed by atoms with Crippen molar-refractivity contribution in [3.8, 4) is 23.4 Å². The van der Waals surface area contributed by atoms with E-state index in [-0.39, 0.29) is 17.3 Å². The number of aliphatic carboxylic acids is 1. The summed E-state index contributed by atoms with van der Waals surface area (Å²) in [5.41, 5.74) is 1.97. The van der Waals surface area contributed by atoms with Crippen LogP contribution in [0.1, 0.15) is 16.8 Å². The topological polar surface area (TPSA) is 104 Å². The van der Waals surface area contributed by atoms with Gasteiger partial charge >= 0.3 is 5.97 Å². The fourth-order valence-corrected chi connectivity index (χ4v) is 2.48. The highest BCUT2D eigenvalue weighted by molar-refractivity contribution is 6.15. The molecule has 0 unspecified atom stereocenters.